The number of rotatable bonds is 5. The smallest absolute Gasteiger partial charge is 0.225 e. The monoisotopic (exact) mass is 358 g/mol. The fourth-order valence-electron chi connectivity index (χ4n) is 2.60. The van der Waals surface area contributed by atoms with Crippen molar-refractivity contribution in [2.75, 3.05) is 25.3 Å². The van der Waals surface area contributed by atoms with E-state index < -0.39 is 0 Å². The number of halogens is 1. The van der Waals surface area contributed by atoms with E-state index in [1.165, 1.54) is 0 Å². The Labute approximate surface area is 150 Å². The average molecular weight is 359 g/mol. The number of fused-ring (bicyclic) bond motifs is 1. The van der Waals surface area contributed by atoms with Gasteiger partial charge in [0, 0.05) is 16.5 Å². The molecule has 3 rings (SSSR count). The number of hydrogen-bond donors (Lipinski definition) is 2. The van der Waals surface area contributed by atoms with E-state index >= 15 is 0 Å². The molecule has 1 unspecified atom stereocenters. The number of aromatic nitrogens is 2. The van der Waals surface area contributed by atoms with Crippen LogP contribution in [-0.4, -0.2) is 24.2 Å². The van der Waals surface area contributed by atoms with Gasteiger partial charge in [0.25, 0.3) is 0 Å². The third-order valence-electron chi connectivity index (χ3n) is 3.92. The highest BCUT2D eigenvalue weighted by Gasteiger charge is 2.13. The predicted octanol–water partition coefficient (Wildman–Crippen LogP) is 4.06. The van der Waals surface area contributed by atoms with Crippen molar-refractivity contribution in [2.45, 2.75) is 13.0 Å². The molecule has 25 heavy (non-hydrogen) atoms. The Morgan fingerprint density at radius 2 is 1.80 bits per heavy atom. The number of ether oxygens (including phenoxy) is 2. The third-order valence-corrected chi connectivity index (χ3v) is 4.16. The minimum Gasteiger partial charge on any atom is -0.493 e. The SMILES string of the molecule is COc1cc2nc(NC(C)c3cccc(Cl)c3)nc(N)c2cc1OC. The highest BCUT2D eigenvalue weighted by Crippen LogP contribution is 2.34. The zero-order valence-corrected chi connectivity index (χ0v) is 15.0. The van der Waals surface area contributed by atoms with E-state index in [0.717, 1.165) is 5.56 Å². The van der Waals surface area contributed by atoms with Gasteiger partial charge in [-0.15, -0.1) is 0 Å². The Bertz CT molecular complexity index is 917. The highest BCUT2D eigenvalue weighted by atomic mass is 35.5. The molecule has 2 aromatic carbocycles. The molecule has 0 fully saturated rings. The van der Waals surface area contributed by atoms with Crippen molar-refractivity contribution < 1.29 is 9.47 Å². The first-order chi connectivity index (χ1) is 12.0. The molecule has 0 aliphatic heterocycles. The molecule has 130 valence electrons. The van der Waals surface area contributed by atoms with Gasteiger partial charge in [-0.05, 0) is 30.7 Å². The molecule has 1 aromatic heterocycles. The highest BCUT2D eigenvalue weighted by molar-refractivity contribution is 6.30. The first kappa shape index (κ1) is 17.1. The van der Waals surface area contributed by atoms with Crippen LogP contribution >= 0.6 is 11.6 Å². The molecular weight excluding hydrogens is 340 g/mol. The summed E-state index contributed by atoms with van der Waals surface area (Å²) in [5.41, 5.74) is 7.80. The number of nitrogen functional groups attached to an aromatic ring is 1. The molecule has 0 saturated heterocycles. The Hall–Kier alpha value is -2.73. The Morgan fingerprint density at radius 3 is 2.48 bits per heavy atom. The van der Waals surface area contributed by atoms with Crippen molar-refractivity contribution in [1.29, 1.82) is 0 Å². The van der Waals surface area contributed by atoms with Crippen LogP contribution in [0.2, 0.25) is 5.02 Å². The summed E-state index contributed by atoms with van der Waals surface area (Å²) in [6.45, 7) is 2.00. The summed E-state index contributed by atoms with van der Waals surface area (Å²) in [4.78, 5) is 8.88. The molecule has 0 amide bonds. The van der Waals surface area contributed by atoms with Crippen LogP contribution in [0.25, 0.3) is 10.9 Å². The fourth-order valence-corrected chi connectivity index (χ4v) is 2.80. The summed E-state index contributed by atoms with van der Waals surface area (Å²) in [5.74, 6) is 1.97. The van der Waals surface area contributed by atoms with Crippen molar-refractivity contribution in [3.8, 4) is 11.5 Å². The van der Waals surface area contributed by atoms with Crippen LogP contribution in [0.5, 0.6) is 11.5 Å². The van der Waals surface area contributed by atoms with Crippen LogP contribution in [0, 0.1) is 0 Å². The zero-order chi connectivity index (χ0) is 18.0. The van der Waals surface area contributed by atoms with Crippen LogP contribution in [-0.2, 0) is 0 Å². The van der Waals surface area contributed by atoms with E-state index in [1.807, 2.05) is 31.2 Å². The van der Waals surface area contributed by atoms with E-state index in [2.05, 4.69) is 15.3 Å². The lowest BCUT2D eigenvalue weighted by Crippen LogP contribution is -2.10. The third kappa shape index (κ3) is 3.53. The fraction of sp³-hybridized carbons (Fsp3) is 0.222. The van der Waals surface area contributed by atoms with Crippen LogP contribution in [0.1, 0.15) is 18.5 Å². The summed E-state index contributed by atoms with van der Waals surface area (Å²) in [7, 11) is 3.15. The van der Waals surface area contributed by atoms with Gasteiger partial charge in [-0.2, -0.15) is 4.98 Å². The van der Waals surface area contributed by atoms with Crippen molar-refractivity contribution in [3.05, 3.63) is 47.0 Å². The molecule has 0 saturated carbocycles. The lowest BCUT2D eigenvalue weighted by Gasteiger charge is -2.16. The van der Waals surface area contributed by atoms with Crippen LogP contribution < -0.4 is 20.5 Å². The van der Waals surface area contributed by atoms with Crippen LogP contribution in [0.4, 0.5) is 11.8 Å². The molecule has 1 atom stereocenters. The molecular formula is C18H19ClN4O2. The minimum absolute atomic E-state index is 0.0318. The summed E-state index contributed by atoms with van der Waals surface area (Å²) < 4.78 is 10.6. The molecule has 3 aromatic rings. The van der Waals surface area contributed by atoms with E-state index in [9.17, 15) is 0 Å². The van der Waals surface area contributed by atoms with Gasteiger partial charge < -0.3 is 20.5 Å². The molecule has 1 heterocycles. The quantitative estimate of drug-likeness (QED) is 0.715. The number of hydrogen-bond acceptors (Lipinski definition) is 6. The standard InChI is InChI=1S/C18H19ClN4O2/c1-10(11-5-4-6-12(19)7-11)21-18-22-14-9-16(25-3)15(24-2)8-13(14)17(20)23-18/h4-10H,1-3H3,(H3,20,21,22,23). The Balaban J connectivity index is 1.97. The van der Waals surface area contributed by atoms with Gasteiger partial charge in [0.2, 0.25) is 5.95 Å². The number of nitrogens with zero attached hydrogens (tertiary/aromatic N) is 2. The average Bonchev–Trinajstić information content (AvgIpc) is 2.60. The Kier molecular flexibility index (Phi) is 4.81. The number of benzene rings is 2. The number of nitrogens with two attached hydrogens (primary N) is 1. The summed E-state index contributed by atoms with van der Waals surface area (Å²) in [5, 5.41) is 4.64. The minimum atomic E-state index is -0.0318. The second-order valence-electron chi connectivity index (χ2n) is 5.58. The van der Waals surface area contributed by atoms with Gasteiger partial charge in [0.1, 0.15) is 5.82 Å². The Morgan fingerprint density at radius 1 is 1.08 bits per heavy atom. The number of anilines is 2. The zero-order valence-electron chi connectivity index (χ0n) is 14.2. The van der Waals surface area contributed by atoms with Gasteiger partial charge >= 0.3 is 0 Å². The predicted molar refractivity (Wildman–Crippen MR) is 101 cm³/mol. The lowest BCUT2D eigenvalue weighted by molar-refractivity contribution is 0.356. The second kappa shape index (κ2) is 7.03. The van der Waals surface area contributed by atoms with Crippen LogP contribution in [0.15, 0.2) is 36.4 Å². The molecule has 0 aliphatic carbocycles. The maximum atomic E-state index is 6.10. The van der Waals surface area contributed by atoms with Crippen molar-refractivity contribution in [2.24, 2.45) is 0 Å². The second-order valence-corrected chi connectivity index (χ2v) is 6.01. The molecule has 7 heteroatoms. The number of methoxy groups -OCH3 is 2. The lowest BCUT2D eigenvalue weighted by atomic mass is 10.1. The van der Waals surface area contributed by atoms with Gasteiger partial charge in [-0.25, -0.2) is 4.98 Å². The van der Waals surface area contributed by atoms with E-state index in [0.29, 0.717) is 39.2 Å². The molecule has 0 bridgehead atoms. The first-order valence-corrected chi connectivity index (χ1v) is 8.11. The normalized spacial score (nSPS) is 12.0. The van der Waals surface area contributed by atoms with Gasteiger partial charge in [-0.3, -0.25) is 0 Å². The summed E-state index contributed by atoms with van der Waals surface area (Å²) >= 11 is 6.05. The molecule has 3 N–H and O–H groups in total. The van der Waals surface area contributed by atoms with Gasteiger partial charge in [-0.1, -0.05) is 23.7 Å². The molecule has 0 spiro atoms. The summed E-state index contributed by atoms with van der Waals surface area (Å²) in [6, 6.07) is 11.1. The van der Waals surface area contributed by atoms with Crippen molar-refractivity contribution in [3.63, 3.8) is 0 Å². The molecule has 6 nitrogen and oxygen atoms in total. The maximum absolute atomic E-state index is 6.10. The maximum Gasteiger partial charge on any atom is 0.225 e. The van der Waals surface area contributed by atoms with Crippen molar-refractivity contribution in [1.82, 2.24) is 9.97 Å². The van der Waals surface area contributed by atoms with Gasteiger partial charge in [0.05, 0.1) is 25.8 Å². The van der Waals surface area contributed by atoms with Gasteiger partial charge in [0.15, 0.2) is 11.5 Å². The van der Waals surface area contributed by atoms with E-state index in [-0.39, 0.29) is 6.04 Å². The largest absolute Gasteiger partial charge is 0.493 e. The van der Waals surface area contributed by atoms with Crippen molar-refractivity contribution >= 4 is 34.3 Å². The van der Waals surface area contributed by atoms with Crippen LogP contribution in [0.3, 0.4) is 0 Å². The first-order valence-electron chi connectivity index (χ1n) is 7.73. The topological polar surface area (TPSA) is 82.3 Å². The van der Waals surface area contributed by atoms with E-state index in [4.69, 9.17) is 26.8 Å². The number of nitrogens with one attached hydrogen (secondary N) is 1. The van der Waals surface area contributed by atoms with E-state index in [1.54, 1.807) is 26.4 Å². The molecule has 0 aliphatic rings. The molecule has 0 radical (unpaired) electrons. The summed E-state index contributed by atoms with van der Waals surface area (Å²) in [6.07, 6.45) is 0.